The molecule has 2 rings (SSSR count). The summed E-state index contributed by atoms with van der Waals surface area (Å²) in [5.74, 6) is 0.697. The van der Waals surface area contributed by atoms with Crippen molar-refractivity contribution >= 4 is 5.69 Å². The highest BCUT2D eigenvalue weighted by Gasteiger charge is 2.22. The predicted molar refractivity (Wildman–Crippen MR) is 61.5 cm³/mol. The Hall–Kier alpha value is -1.24. The summed E-state index contributed by atoms with van der Waals surface area (Å²) in [6, 6.07) is 9.14. The highest BCUT2D eigenvalue weighted by molar-refractivity contribution is 5.54. The lowest BCUT2D eigenvalue weighted by atomic mass is 9.87. The maximum Gasteiger partial charge on any atom is 0.0375 e. The van der Waals surface area contributed by atoms with Crippen LogP contribution in [-0.4, -0.2) is 6.04 Å². The van der Waals surface area contributed by atoms with E-state index in [-0.39, 0.29) is 0 Å². The van der Waals surface area contributed by atoms with Gasteiger partial charge in [-0.05, 0) is 30.4 Å². The lowest BCUT2D eigenvalue weighted by molar-refractivity contribution is 0.467. The molecule has 14 heavy (non-hydrogen) atoms. The Morgan fingerprint density at radius 2 is 2.29 bits per heavy atom. The van der Waals surface area contributed by atoms with Gasteiger partial charge in [-0.1, -0.05) is 31.2 Å². The highest BCUT2D eigenvalue weighted by atomic mass is 14.9. The third-order valence-electron chi connectivity index (χ3n) is 3.01. The zero-order valence-electron chi connectivity index (χ0n) is 8.66. The van der Waals surface area contributed by atoms with E-state index in [1.807, 2.05) is 6.08 Å². The van der Waals surface area contributed by atoms with Crippen molar-refractivity contribution in [3.8, 4) is 0 Å². The molecule has 1 nitrogen and oxygen atoms in total. The molecule has 1 aliphatic heterocycles. The van der Waals surface area contributed by atoms with E-state index in [0.29, 0.717) is 12.0 Å². The van der Waals surface area contributed by atoms with Gasteiger partial charge in [0.1, 0.15) is 0 Å². The summed E-state index contributed by atoms with van der Waals surface area (Å²) in [5, 5.41) is 3.58. The van der Waals surface area contributed by atoms with Gasteiger partial charge < -0.3 is 5.32 Å². The average Bonchev–Trinajstić information content (AvgIpc) is 2.19. The van der Waals surface area contributed by atoms with E-state index in [9.17, 15) is 0 Å². The smallest absolute Gasteiger partial charge is 0.0375 e. The molecule has 2 atom stereocenters. The SMILES string of the molecule is C=CC[C@H]1Nc2ccccc2C[C@@H]1C. The van der Waals surface area contributed by atoms with Gasteiger partial charge in [-0.3, -0.25) is 0 Å². The zero-order chi connectivity index (χ0) is 9.97. The maximum absolute atomic E-state index is 3.81. The molecule has 0 amide bonds. The molecular formula is C13H17N. The van der Waals surface area contributed by atoms with E-state index >= 15 is 0 Å². The second kappa shape index (κ2) is 3.87. The van der Waals surface area contributed by atoms with Gasteiger partial charge in [0.25, 0.3) is 0 Å². The summed E-state index contributed by atoms with van der Waals surface area (Å²) in [5.41, 5.74) is 2.75. The standard InChI is InChI=1S/C13H17N/c1-3-6-12-10(2)9-11-7-4-5-8-13(11)14-12/h3-5,7-8,10,12,14H,1,6,9H2,2H3/t10-,12+/m0/s1. The van der Waals surface area contributed by atoms with E-state index in [2.05, 4.69) is 43.1 Å². The molecule has 0 aliphatic carbocycles. The average molecular weight is 187 g/mol. The topological polar surface area (TPSA) is 12.0 Å². The molecule has 1 aromatic carbocycles. The number of benzene rings is 1. The molecule has 1 heteroatoms. The summed E-state index contributed by atoms with van der Waals surface area (Å²) in [4.78, 5) is 0. The normalized spacial score (nSPS) is 24.9. The fraction of sp³-hybridized carbons (Fsp3) is 0.385. The zero-order valence-corrected chi connectivity index (χ0v) is 8.66. The third-order valence-corrected chi connectivity index (χ3v) is 3.01. The molecular weight excluding hydrogens is 170 g/mol. The number of para-hydroxylation sites is 1. The van der Waals surface area contributed by atoms with Crippen LogP contribution in [0.4, 0.5) is 5.69 Å². The summed E-state index contributed by atoms with van der Waals surface area (Å²) >= 11 is 0. The highest BCUT2D eigenvalue weighted by Crippen LogP contribution is 2.29. The minimum absolute atomic E-state index is 0.558. The summed E-state index contributed by atoms with van der Waals surface area (Å²) < 4.78 is 0. The number of rotatable bonds is 2. The van der Waals surface area contributed by atoms with Crippen molar-refractivity contribution in [3.05, 3.63) is 42.5 Å². The predicted octanol–water partition coefficient (Wildman–Crippen LogP) is 3.24. The van der Waals surface area contributed by atoms with Crippen molar-refractivity contribution in [2.45, 2.75) is 25.8 Å². The number of nitrogens with one attached hydrogen (secondary N) is 1. The van der Waals surface area contributed by atoms with Crippen LogP contribution in [0.25, 0.3) is 0 Å². The quantitative estimate of drug-likeness (QED) is 0.701. The second-order valence-corrected chi connectivity index (χ2v) is 4.11. The Bertz CT molecular complexity index is 330. The van der Waals surface area contributed by atoms with Crippen LogP contribution in [0.1, 0.15) is 18.9 Å². The monoisotopic (exact) mass is 187 g/mol. The maximum atomic E-state index is 3.81. The van der Waals surface area contributed by atoms with Gasteiger partial charge in [-0.15, -0.1) is 6.58 Å². The van der Waals surface area contributed by atoms with Gasteiger partial charge in [0.2, 0.25) is 0 Å². The van der Waals surface area contributed by atoms with Crippen molar-refractivity contribution in [1.82, 2.24) is 0 Å². The molecule has 1 N–H and O–H groups in total. The molecule has 0 fully saturated rings. The van der Waals surface area contributed by atoms with Crippen molar-refractivity contribution in [1.29, 1.82) is 0 Å². The lowest BCUT2D eigenvalue weighted by Gasteiger charge is -2.32. The number of fused-ring (bicyclic) bond motifs is 1. The Morgan fingerprint density at radius 3 is 3.07 bits per heavy atom. The molecule has 0 spiro atoms. The Kier molecular flexibility index (Phi) is 2.58. The van der Waals surface area contributed by atoms with Gasteiger partial charge in [-0.25, -0.2) is 0 Å². The van der Waals surface area contributed by atoms with Gasteiger partial charge >= 0.3 is 0 Å². The molecule has 0 saturated carbocycles. The van der Waals surface area contributed by atoms with Crippen LogP contribution >= 0.6 is 0 Å². The van der Waals surface area contributed by atoms with Crippen molar-refractivity contribution in [3.63, 3.8) is 0 Å². The van der Waals surface area contributed by atoms with Crippen molar-refractivity contribution in [2.75, 3.05) is 5.32 Å². The molecule has 0 radical (unpaired) electrons. The Labute approximate surface area is 85.8 Å². The summed E-state index contributed by atoms with van der Waals surface area (Å²) in [6.07, 6.45) is 4.24. The number of hydrogen-bond acceptors (Lipinski definition) is 1. The molecule has 0 aromatic heterocycles. The summed E-state index contributed by atoms with van der Waals surface area (Å²) in [7, 11) is 0. The van der Waals surface area contributed by atoms with Crippen LogP contribution < -0.4 is 5.32 Å². The van der Waals surface area contributed by atoms with E-state index in [0.717, 1.165) is 6.42 Å². The molecule has 0 saturated heterocycles. The minimum Gasteiger partial charge on any atom is -0.381 e. The van der Waals surface area contributed by atoms with Crippen molar-refractivity contribution in [2.24, 2.45) is 5.92 Å². The van der Waals surface area contributed by atoms with E-state index < -0.39 is 0 Å². The Balaban J connectivity index is 2.22. The first-order chi connectivity index (χ1) is 6.81. The number of hydrogen-bond donors (Lipinski definition) is 1. The van der Waals surface area contributed by atoms with Gasteiger partial charge in [0.05, 0.1) is 0 Å². The first-order valence-corrected chi connectivity index (χ1v) is 5.26. The summed E-state index contributed by atoms with van der Waals surface area (Å²) in [6.45, 7) is 6.11. The Morgan fingerprint density at radius 1 is 1.50 bits per heavy atom. The van der Waals surface area contributed by atoms with Crippen LogP contribution in [0.15, 0.2) is 36.9 Å². The van der Waals surface area contributed by atoms with Crippen LogP contribution in [0.2, 0.25) is 0 Å². The molecule has 0 unspecified atom stereocenters. The largest absolute Gasteiger partial charge is 0.381 e. The fourth-order valence-corrected chi connectivity index (χ4v) is 2.14. The van der Waals surface area contributed by atoms with E-state index in [1.165, 1.54) is 17.7 Å². The van der Waals surface area contributed by atoms with Crippen LogP contribution in [-0.2, 0) is 6.42 Å². The molecule has 1 aliphatic rings. The van der Waals surface area contributed by atoms with E-state index in [1.54, 1.807) is 0 Å². The molecule has 1 heterocycles. The van der Waals surface area contributed by atoms with Crippen LogP contribution in [0, 0.1) is 5.92 Å². The lowest BCUT2D eigenvalue weighted by Crippen LogP contribution is -2.32. The third kappa shape index (κ3) is 1.67. The first kappa shape index (κ1) is 9.32. The van der Waals surface area contributed by atoms with Gasteiger partial charge in [0, 0.05) is 11.7 Å². The van der Waals surface area contributed by atoms with Gasteiger partial charge in [0.15, 0.2) is 0 Å². The molecule has 0 bridgehead atoms. The second-order valence-electron chi connectivity index (χ2n) is 4.11. The van der Waals surface area contributed by atoms with E-state index in [4.69, 9.17) is 0 Å². The molecule has 74 valence electrons. The molecule has 1 aromatic rings. The fourth-order valence-electron chi connectivity index (χ4n) is 2.14. The first-order valence-electron chi connectivity index (χ1n) is 5.26. The van der Waals surface area contributed by atoms with Crippen LogP contribution in [0.3, 0.4) is 0 Å². The van der Waals surface area contributed by atoms with Crippen LogP contribution in [0.5, 0.6) is 0 Å². The number of anilines is 1. The minimum atomic E-state index is 0.558. The van der Waals surface area contributed by atoms with Gasteiger partial charge in [-0.2, -0.15) is 0 Å². The van der Waals surface area contributed by atoms with Crippen molar-refractivity contribution < 1.29 is 0 Å².